The highest BCUT2D eigenvalue weighted by molar-refractivity contribution is 5.79. The summed E-state index contributed by atoms with van der Waals surface area (Å²) < 4.78 is 52.4. The highest BCUT2D eigenvalue weighted by Crippen LogP contribution is 2.76. The van der Waals surface area contributed by atoms with Crippen molar-refractivity contribution in [3.8, 4) is 0 Å². The van der Waals surface area contributed by atoms with Gasteiger partial charge in [-0.2, -0.15) is 0 Å². The molecule has 68 heavy (non-hydrogen) atoms. The van der Waals surface area contributed by atoms with E-state index in [-0.39, 0.29) is 30.8 Å². The van der Waals surface area contributed by atoms with Crippen molar-refractivity contribution in [2.75, 3.05) is 13.2 Å². The van der Waals surface area contributed by atoms with Crippen molar-refractivity contribution in [3.05, 3.63) is 11.6 Å². The quantitative estimate of drug-likeness (QED) is 0.155. The summed E-state index contributed by atoms with van der Waals surface area (Å²) in [6.07, 6.45) is -3.51. The van der Waals surface area contributed by atoms with Gasteiger partial charge < -0.3 is 47.7 Å². The smallest absolute Gasteiger partial charge is 0.315 e. The third-order valence-corrected chi connectivity index (χ3v) is 17.5. The van der Waals surface area contributed by atoms with Crippen LogP contribution in [0.5, 0.6) is 0 Å². The second-order valence-electron chi connectivity index (χ2n) is 21.7. The van der Waals surface area contributed by atoms with Crippen molar-refractivity contribution in [3.63, 3.8) is 0 Å². The first-order valence-corrected chi connectivity index (χ1v) is 23.9. The Bertz CT molecular complexity index is 2080. The van der Waals surface area contributed by atoms with Gasteiger partial charge in [0, 0.05) is 59.8 Å². The Hall–Kier alpha value is -4.58. The van der Waals surface area contributed by atoms with E-state index in [1.807, 2.05) is 13.8 Å². The van der Waals surface area contributed by atoms with Gasteiger partial charge in [-0.3, -0.25) is 38.4 Å². The van der Waals surface area contributed by atoms with E-state index < -0.39 is 136 Å². The highest BCUT2D eigenvalue weighted by Gasteiger charge is 2.73. The number of rotatable bonds is 11. The molecule has 5 fully saturated rings. The van der Waals surface area contributed by atoms with Gasteiger partial charge in [0.2, 0.25) is 12.4 Å². The van der Waals surface area contributed by atoms with E-state index >= 15 is 4.79 Å². The fourth-order valence-corrected chi connectivity index (χ4v) is 14.4. The number of aliphatic hydroxyl groups is 1. The van der Waals surface area contributed by atoms with E-state index in [9.17, 15) is 38.7 Å². The van der Waals surface area contributed by atoms with Crippen LogP contribution in [0, 0.1) is 50.7 Å². The zero-order valence-electron chi connectivity index (χ0n) is 41.9. The van der Waals surface area contributed by atoms with Gasteiger partial charge in [-0.25, -0.2) is 0 Å². The molecule has 0 aromatic carbocycles. The Labute approximate surface area is 398 Å². The van der Waals surface area contributed by atoms with Crippen LogP contribution in [0.1, 0.15) is 141 Å². The minimum absolute atomic E-state index is 0.0569. The Morgan fingerprint density at radius 2 is 1.22 bits per heavy atom. The first kappa shape index (κ1) is 52.8. The van der Waals surface area contributed by atoms with Crippen LogP contribution in [0.3, 0.4) is 0 Å². The van der Waals surface area contributed by atoms with Gasteiger partial charge in [0.25, 0.3) is 0 Å². The van der Waals surface area contributed by atoms with E-state index in [0.29, 0.717) is 44.9 Å². The van der Waals surface area contributed by atoms with Crippen LogP contribution < -0.4 is 0 Å². The molecule has 0 aromatic rings. The highest BCUT2D eigenvalue weighted by atomic mass is 16.7. The van der Waals surface area contributed by atoms with Crippen molar-refractivity contribution >= 4 is 47.8 Å². The van der Waals surface area contributed by atoms with Gasteiger partial charge in [0.05, 0.1) is 11.0 Å². The minimum Gasteiger partial charge on any atom is -0.465 e. The van der Waals surface area contributed by atoms with Gasteiger partial charge in [-0.1, -0.05) is 46.3 Å². The molecule has 5 aliphatic carbocycles. The van der Waals surface area contributed by atoms with Crippen LogP contribution in [-0.2, 0) is 81.0 Å². The second-order valence-corrected chi connectivity index (χ2v) is 21.7. The molecule has 1 heterocycles. The van der Waals surface area contributed by atoms with Gasteiger partial charge in [0.1, 0.15) is 31.5 Å². The average Bonchev–Trinajstić information content (AvgIpc) is 3.20. The van der Waals surface area contributed by atoms with Crippen LogP contribution in [0.15, 0.2) is 11.6 Å². The summed E-state index contributed by atoms with van der Waals surface area (Å²) in [5.41, 5.74) is -4.44. The molecule has 0 amide bonds. The molecular formula is C50H72O18. The lowest BCUT2D eigenvalue weighted by Crippen LogP contribution is -2.70. The van der Waals surface area contributed by atoms with Crippen LogP contribution in [0.25, 0.3) is 0 Å². The predicted octanol–water partition coefficient (Wildman–Crippen LogP) is 5.40. The van der Waals surface area contributed by atoms with E-state index in [0.717, 1.165) is 33.3 Å². The van der Waals surface area contributed by atoms with Crippen molar-refractivity contribution in [1.29, 1.82) is 0 Å². The fourth-order valence-electron chi connectivity index (χ4n) is 14.4. The van der Waals surface area contributed by atoms with Gasteiger partial charge in [0.15, 0.2) is 12.2 Å². The van der Waals surface area contributed by atoms with E-state index in [1.54, 1.807) is 6.92 Å². The average molecular weight is 961 g/mol. The molecule has 0 aromatic heterocycles. The third-order valence-electron chi connectivity index (χ3n) is 17.5. The van der Waals surface area contributed by atoms with E-state index in [4.69, 9.17) is 42.6 Å². The summed E-state index contributed by atoms with van der Waals surface area (Å²) >= 11 is 0. The predicted molar refractivity (Wildman–Crippen MR) is 236 cm³/mol. The summed E-state index contributed by atoms with van der Waals surface area (Å²) in [6.45, 7) is 20.2. The lowest BCUT2D eigenvalue weighted by atomic mass is 9.33. The number of allylic oxidation sites excluding steroid dienone is 1. The summed E-state index contributed by atoms with van der Waals surface area (Å²) in [6, 6.07) is 0. The van der Waals surface area contributed by atoms with Gasteiger partial charge in [-0.15, -0.1) is 0 Å². The second kappa shape index (κ2) is 19.0. The zero-order chi connectivity index (χ0) is 50.7. The molecule has 380 valence electrons. The lowest BCUT2D eigenvalue weighted by molar-refractivity contribution is -0.306. The Kier molecular flexibility index (Phi) is 14.7. The molecule has 1 N–H and O–H groups in total. The fraction of sp³-hybridized carbons (Fsp3) is 0.800. The summed E-state index contributed by atoms with van der Waals surface area (Å²) in [5, 5.41) is 12.9. The summed E-state index contributed by atoms with van der Waals surface area (Å²) in [4.78, 5) is 103. The molecule has 0 radical (unpaired) electrons. The number of esters is 8. The lowest BCUT2D eigenvalue weighted by Gasteiger charge is -2.72. The van der Waals surface area contributed by atoms with Crippen molar-refractivity contribution in [1.82, 2.24) is 0 Å². The van der Waals surface area contributed by atoms with Crippen molar-refractivity contribution in [2.24, 2.45) is 50.7 Å². The van der Waals surface area contributed by atoms with E-state index in [2.05, 4.69) is 26.8 Å². The third kappa shape index (κ3) is 9.16. The first-order chi connectivity index (χ1) is 31.5. The number of ether oxygens (including phenoxy) is 9. The van der Waals surface area contributed by atoms with Crippen molar-refractivity contribution in [2.45, 2.75) is 190 Å². The molecule has 0 unspecified atom stereocenters. The zero-order valence-corrected chi connectivity index (χ0v) is 41.9. The largest absolute Gasteiger partial charge is 0.465 e. The van der Waals surface area contributed by atoms with Crippen LogP contribution in [-0.4, -0.2) is 115 Å². The maximum atomic E-state index is 15.4. The molecule has 17 atom stereocenters. The molecule has 1 saturated heterocycles. The number of hydrogen-bond acceptors (Lipinski definition) is 18. The molecule has 4 saturated carbocycles. The summed E-state index contributed by atoms with van der Waals surface area (Å²) in [7, 11) is 0. The first-order valence-electron chi connectivity index (χ1n) is 23.9. The SMILES string of the molecule is CC(=O)OC[C@H]1O[C@@H](OC(=O)[C@]23CC[C@@H](C)[C@@](C)(O)[C@H]2C2=CC[C@H]4[C@@]5(C)C[C@H](OC(C)=O)[C@@H](OC(C)=O)[C@@](C)(COC(C)=O)[C@H]5CC[C@@]4(C)[C@]2(C)CC3)[C@H](OC(C)=O)[C@@H](OC(C)=O)[C@@H]1OC(C)=O. The molecule has 18 nitrogen and oxygen atoms in total. The van der Waals surface area contributed by atoms with Crippen molar-refractivity contribution < 1.29 is 86.1 Å². The Morgan fingerprint density at radius 3 is 1.79 bits per heavy atom. The van der Waals surface area contributed by atoms with Crippen LogP contribution in [0.2, 0.25) is 0 Å². The Morgan fingerprint density at radius 1 is 0.647 bits per heavy atom. The molecule has 18 heteroatoms. The number of fused-ring (bicyclic) bond motifs is 7. The minimum atomic E-state index is -1.75. The maximum absolute atomic E-state index is 15.4. The van der Waals surface area contributed by atoms with Gasteiger partial charge in [-0.05, 0) is 92.3 Å². The molecule has 6 rings (SSSR count). The number of carbonyl (C=O) groups excluding carboxylic acids is 8. The maximum Gasteiger partial charge on any atom is 0.315 e. The summed E-state index contributed by atoms with van der Waals surface area (Å²) in [5.74, 6) is -6.75. The van der Waals surface area contributed by atoms with Crippen LogP contribution in [0.4, 0.5) is 0 Å². The number of hydrogen-bond donors (Lipinski definition) is 1. The molecule has 1 aliphatic heterocycles. The van der Waals surface area contributed by atoms with Gasteiger partial charge >= 0.3 is 47.8 Å². The van der Waals surface area contributed by atoms with E-state index in [1.165, 1.54) is 20.8 Å². The Balaban J connectivity index is 1.43. The molecule has 6 aliphatic rings. The normalized spacial score (nSPS) is 42.6. The molecule has 0 spiro atoms. The number of carbonyl (C=O) groups is 8. The molecular weight excluding hydrogens is 889 g/mol. The van der Waals surface area contributed by atoms with Crippen LogP contribution >= 0.6 is 0 Å². The standard InChI is InChI=1S/C50H72O18/c1-25-16-19-50(44(58)68-43-40(65-31(7)56)39(64-30(6)55)38(63-29(5)54)35(67-43)23-60-26(2)51)21-20-47(11)33(41(50)49(25,13)59)14-15-37-45(9)22-34(62-28(4)53)42(66-32(8)57)46(10,24-61-27(3)52)36(45)17-18-48(37,47)12/h14,25,34-43,59H,15-24H2,1-13H3/t25-,34+,35-,36+,37+,38-,39+,40-,41-,42-,43+,45+,46+,47-,48-,49-,50+/m1/s1. The monoisotopic (exact) mass is 960 g/mol. The molecule has 0 bridgehead atoms. The topological polar surface area (TPSA) is 240 Å².